The van der Waals surface area contributed by atoms with Crippen molar-refractivity contribution in [3.8, 4) is 10.6 Å². The predicted molar refractivity (Wildman–Crippen MR) is 92.2 cm³/mol. The van der Waals surface area contributed by atoms with Crippen molar-refractivity contribution in [2.45, 2.75) is 25.4 Å². The minimum atomic E-state index is -1.25. The number of rotatable bonds is 2. The molecule has 8 nitrogen and oxygen atoms in total. The van der Waals surface area contributed by atoms with Gasteiger partial charge in [0, 0.05) is 44.0 Å². The Morgan fingerprint density at radius 1 is 1.23 bits per heavy atom. The van der Waals surface area contributed by atoms with Crippen molar-refractivity contribution in [1.29, 1.82) is 0 Å². The number of piperidine rings is 1. The average Bonchev–Trinajstić information content (AvgIpc) is 3.08. The van der Waals surface area contributed by atoms with Gasteiger partial charge in [0.2, 0.25) is 5.95 Å². The number of carbonyl (C=O) groups is 2. The van der Waals surface area contributed by atoms with Gasteiger partial charge in [-0.2, -0.15) is 0 Å². The number of hydrogen-bond acceptors (Lipinski definition) is 7. The van der Waals surface area contributed by atoms with Crippen LogP contribution >= 0.6 is 11.3 Å². The molecule has 1 saturated heterocycles. The highest BCUT2D eigenvalue weighted by Crippen LogP contribution is 2.31. The molecule has 4 rings (SSSR count). The molecule has 0 aliphatic carbocycles. The van der Waals surface area contributed by atoms with Gasteiger partial charge in [0.05, 0.1) is 5.69 Å². The molecule has 0 saturated carbocycles. The number of alkyl halides is 1. The molecular formula is C16H16FN5O3S. The van der Waals surface area contributed by atoms with Gasteiger partial charge in [0.15, 0.2) is 0 Å². The summed E-state index contributed by atoms with van der Waals surface area (Å²) >= 11 is 1.15. The van der Waals surface area contributed by atoms with E-state index < -0.39 is 18.2 Å². The van der Waals surface area contributed by atoms with Crippen LogP contribution in [0.5, 0.6) is 0 Å². The first-order valence-corrected chi connectivity index (χ1v) is 9.10. The maximum atomic E-state index is 13.2. The van der Waals surface area contributed by atoms with Crippen molar-refractivity contribution in [3.05, 3.63) is 23.0 Å². The summed E-state index contributed by atoms with van der Waals surface area (Å²) in [5, 5.41) is 9.66. The summed E-state index contributed by atoms with van der Waals surface area (Å²) < 4.78 is 13.2. The lowest BCUT2D eigenvalue weighted by Crippen LogP contribution is -2.40. The number of hydrogen-bond donors (Lipinski definition) is 1. The second kappa shape index (κ2) is 6.60. The van der Waals surface area contributed by atoms with Gasteiger partial charge in [0.1, 0.15) is 16.1 Å². The molecule has 2 aliphatic heterocycles. The van der Waals surface area contributed by atoms with E-state index in [-0.39, 0.29) is 6.54 Å². The molecule has 0 atom stereocenters. The maximum absolute atomic E-state index is 13.2. The summed E-state index contributed by atoms with van der Waals surface area (Å²) in [6.07, 6.45) is 2.62. The Morgan fingerprint density at radius 2 is 1.92 bits per heavy atom. The summed E-state index contributed by atoms with van der Waals surface area (Å²) in [4.78, 5) is 39.6. The highest BCUT2D eigenvalue weighted by Gasteiger charge is 2.32. The van der Waals surface area contributed by atoms with Crippen LogP contribution in [-0.4, -0.2) is 62.8 Å². The molecule has 136 valence electrons. The number of nitrogens with zero attached hydrogens (tertiary/aromatic N) is 5. The Bertz CT molecular complexity index is 848. The lowest BCUT2D eigenvalue weighted by Gasteiger charge is -2.28. The normalized spacial score (nSPS) is 18.1. The van der Waals surface area contributed by atoms with E-state index in [1.165, 1.54) is 0 Å². The van der Waals surface area contributed by atoms with E-state index in [0.29, 0.717) is 59.4 Å². The molecule has 10 heteroatoms. The Morgan fingerprint density at radius 3 is 2.58 bits per heavy atom. The third-order valence-electron chi connectivity index (χ3n) is 4.53. The molecule has 0 radical (unpaired) electrons. The van der Waals surface area contributed by atoms with Crippen LogP contribution in [0.15, 0.2) is 12.4 Å². The molecule has 2 amide bonds. The Kier molecular flexibility index (Phi) is 4.27. The topological polar surface area (TPSA) is 99.5 Å². The van der Waals surface area contributed by atoms with Crippen LogP contribution in [0.1, 0.15) is 28.2 Å². The molecule has 1 fully saturated rings. The zero-order chi connectivity index (χ0) is 18.3. The van der Waals surface area contributed by atoms with Gasteiger partial charge in [-0.1, -0.05) is 0 Å². The molecule has 0 aromatic carbocycles. The largest absolute Gasteiger partial charge is 0.465 e. The molecule has 1 N–H and O–H groups in total. The summed E-state index contributed by atoms with van der Waals surface area (Å²) in [7, 11) is 0. The number of fused-ring (bicyclic) bond motifs is 1. The fourth-order valence-electron chi connectivity index (χ4n) is 3.08. The smallest absolute Gasteiger partial charge is 0.414 e. The number of aromatic nitrogens is 3. The number of imide groups is 1. The van der Waals surface area contributed by atoms with Crippen LogP contribution in [0.4, 0.5) is 15.1 Å². The average molecular weight is 377 g/mol. The summed E-state index contributed by atoms with van der Waals surface area (Å²) in [5.41, 5.74) is 1.28. The fourth-order valence-corrected chi connectivity index (χ4v) is 4.11. The quantitative estimate of drug-likeness (QED) is 0.856. The Labute approximate surface area is 152 Å². The van der Waals surface area contributed by atoms with Crippen molar-refractivity contribution in [2.24, 2.45) is 0 Å². The molecular weight excluding hydrogens is 361 g/mol. The Hall–Kier alpha value is -2.62. The van der Waals surface area contributed by atoms with Crippen molar-refractivity contribution in [2.75, 3.05) is 24.5 Å². The van der Waals surface area contributed by atoms with E-state index >= 15 is 0 Å². The maximum Gasteiger partial charge on any atom is 0.414 e. The SMILES string of the molecule is O=C(O)N1CCc2nc(-c3cnc(N4CCC(F)CC4)nc3)sc2C1=O. The van der Waals surface area contributed by atoms with Crippen molar-refractivity contribution in [3.63, 3.8) is 0 Å². The molecule has 0 bridgehead atoms. The number of halogens is 1. The molecule has 2 aromatic heterocycles. The molecule has 2 aliphatic rings. The third kappa shape index (κ3) is 3.00. The fraction of sp³-hybridized carbons (Fsp3) is 0.438. The highest BCUT2D eigenvalue weighted by atomic mass is 32.1. The number of amides is 2. The zero-order valence-corrected chi connectivity index (χ0v) is 14.6. The van der Waals surface area contributed by atoms with Gasteiger partial charge < -0.3 is 10.0 Å². The first-order chi connectivity index (χ1) is 12.5. The first kappa shape index (κ1) is 16.8. The monoisotopic (exact) mass is 377 g/mol. The van der Waals surface area contributed by atoms with Crippen LogP contribution in [-0.2, 0) is 6.42 Å². The molecule has 4 heterocycles. The van der Waals surface area contributed by atoms with Gasteiger partial charge in [-0.05, 0) is 12.8 Å². The zero-order valence-electron chi connectivity index (χ0n) is 13.8. The molecule has 0 unspecified atom stereocenters. The summed E-state index contributed by atoms with van der Waals surface area (Å²) in [6.45, 7) is 1.29. The number of carbonyl (C=O) groups excluding carboxylic acids is 1. The van der Waals surface area contributed by atoms with E-state index in [1.807, 2.05) is 4.90 Å². The molecule has 26 heavy (non-hydrogen) atoms. The van der Waals surface area contributed by atoms with Crippen LogP contribution in [0.3, 0.4) is 0 Å². The lowest BCUT2D eigenvalue weighted by molar-refractivity contribution is 0.0731. The minimum absolute atomic E-state index is 0.115. The van der Waals surface area contributed by atoms with E-state index in [4.69, 9.17) is 5.11 Å². The third-order valence-corrected chi connectivity index (χ3v) is 5.67. The van der Waals surface area contributed by atoms with Crippen molar-refractivity contribution >= 4 is 29.3 Å². The molecule has 2 aromatic rings. The summed E-state index contributed by atoms with van der Waals surface area (Å²) in [6, 6.07) is 0. The van der Waals surface area contributed by atoms with E-state index in [0.717, 1.165) is 16.2 Å². The summed E-state index contributed by atoms with van der Waals surface area (Å²) in [5.74, 6) is 0.0178. The minimum Gasteiger partial charge on any atom is -0.465 e. The predicted octanol–water partition coefficient (Wildman–Crippen LogP) is 2.21. The van der Waals surface area contributed by atoms with Crippen LogP contribution in [0.2, 0.25) is 0 Å². The van der Waals surface area contributed by atoms with Gasteiger partial charge in [-0.3, -0.25) is 4.79 Å². The number of thiazole rings is 1. The first-order valence-electron chi connectivity index (χ1n) is 8.29. The van der Waals surface area contributed by atoms with Gasteiger partial charge in [0.25, 0.3) is 5.91 Å². The standard InChI is InChI=1S/C16H16FN5O3S/c17-10-1-4-21(5-2-10)15-18-7-9(8-19-15)13-20-11-3-6-22(16(24)25)14(23)12(11)26-13/h7-8,10H,1-6H2,(H,24,25). The number of carboxylic acid groups (broad SMARTS) is 1. The van der Waals surface area contributed by atoms with Crippen molar-refractivity contribution in [1.82, 2.24) is 19.9 Å². The van der Waals surface area contributed by atoms with Crippen molar-refractivity contribution < 1.29 is 19.1 Å². The van der Waals surface area contributed by atoms with E-state index in [2.05, 4.69) is 15.0 Å². The number of anilines is 1. The second-order valence-electron chi connectivity index (χ2n) is 6.22. The van der Waals surface area contributed by atoms with Gasteiger partial charge >= 0.3 is 6.09 Å². The lowest BCUT2D eigenvalue weighted by atomic mass is 10.1. The second-order valence-corrected chi connectivity index (χ2v) is 7.22. The van der Waals surface area contributed by atoms with Gasteiger partial charge in [-0.15, -0.1) is 11.3 Å². The molecule has 0 spiro atoms. The highest BCUT2D eigenvalue weighted by molar-refractivity contribution is 7.17. The van der Waals surface area contributed by atoms with E-state index in [1.54, 1.807) is 12.4 Å². The van der Waals surface area contributed by atoms with Gasteiger partial charge in [-0.25, -0.2) is 29.0 Å². The van der Waals surface area contributed by atoms with Crippen LogP contribution in [0.25, 0.3) is 10.6 Å². The van der Waals surface area contributed by atoms with Crippen LogP contribution < -0.4 is 4.90 Å². The Balaban J connectivity index is 1.55. The van der Waals surface area contributed by atoms with E-state index in [9.17, 15) is 14.0 Å². The van der Waals surface area contributed by atoms with Crippen LogP contribution in [0, 0.1) is 0 Å².